The molecule has 0 unspecified atom stereocenters. The average Bonchev–Trinajstić information content (AvgIpc) is 2.28. The third-order valence-corrected chi connectivity index (χ3v) is 2.62. The van der Waals surface area contributed by atoms with E-state index in [2.05, 4.69) is 31.0 Å². The number of nitrogens with two attached hydrogens (primary N) is 1. The van der Waals surface area contributed by atoms with E-state index in [0.717, 1.165) is 6.42 Å². The van der Waals surface area contributed by atoms with Crippen molar-refractivity contribution in [3.63, 3.8) is 0 Å². The van der Waals surface area contributed by atoms with E-state index in [9.17, 15) is 0 Å². The molecule has 2 nitrogen and oxygen atoms in total. The van der Waals surface area contributed by atoms with Crippen molar-refractivity contribution >= 4 is 24.3 Å². The summed E-state index contributed by atoms with van der Waals surface area (Å²) in [6.07, 6.45) is 4.54. The van der Waals surface area contributed by atoms with E-state index in [4.69, 9.17) is 5.73 Å². The molecule has 1 aromatic rings. The first-order chi connectivity index (χ1) is 6.66. The number of amidine groups is 1. The smallest absolute Gasteiger partial charge is 0.103 e. The number of aryl methyl sites for hydroxylation is 2. The van der Waals surface area contributed by atoms with Gasteiger partial charge in [-0.3, -0.25) is 0 Å². The molecule has 0 atom stereocenters. The maximum atomic E-state index is 5.74. The molecule has 0 amide bonds. The van der Waals surface area contributed by atoms with E-state index in [1.165, 1.54) is 22.3 Å². The van der Waals surface area contributed by atoms with Gasteiger partial charge in [0.25, 0.3) is 0 Å². The van der Waals surface area contributed by atoms with Gasteiger partial charge in [-0.25, -0.2) is 4.99 Å². The quantitative estimate of drug-likeness (QED) is 0.720. The number of fused-ring (bicyclic) bond motifs is 1. The molecule has 2 N–H and O–H groups in total. The Hall–Kier alpha value is -1.28. The minimum absolute atomic E-state index is 0. The van der Waals surface area contributed by atoms with Crippen molar-refractivity contribution in [2.24, 2.45) is 10.7 Å². The van der Waals surface area contributed by atoms with Crippen LogP contribution in [0.25, 0.3) is 6.08 Å². The highest BCUT2D eigenvalue weighted by atomic mass is 35.5. The predicted molar refractivity (Wildman–Crippen MR) is 67.5 cm³/mol. The zero-order valence-corrected chi connectivity index (χ0v) is 9.77. The number of benzene rings is 1. The molecule has 3 heteroatoms. The lowest BCUT2D eigenvalue weighted by atomic mass is 9.98. The lowest BCUT2D eigenvalue weighted by Crippen LogP contribution is -2.14. The van der Waals surface area contributed by atoms with E-state index in [-0.39, 0.29) is 12.4 Å². The van der Waals surface area contributed by atoms with E-state index < -0.39 is 0 Å². The molecule has 1 aliphatic heterocycles. The molecular weight excluding hydrogens is 208 g/mol. The van der Waals surface area contributed by atoms with Crippen LogP contribution in [0.2, 0.25) is 0 Å². The summed E-state index contributed by atoms with van der Waals surface area (Å²) in [6.45, 7) is 4.25. The van der Waals surface area contributed by atoms with Gasteiger partial charge in [0.15, 0.2) is 0 Å². The van der Waals surface area contributed by atoms with Gasteiger partial charge in [0.2, 0.25) is 0 Å². The number of hydrogen-bond acceptors (Lipinski definition) is 2. The monoisotopic (exact) mass is 222 g/mol. The summed E-state index contributed by atoms with van der Waals surface area (Å²) >= 11 is 0. The van der Waals surface area contributed by atoms with E-state index in [1.807, 2.05) is 6.08 Å². The van der Waals surface area contributed by atoms with Crippen LogP contribution in [0.15, 0.2) is 23.3 Å². The molecule has 15 heavy (non-hydrogen) atoms. The molecule has 0 bridgehead atoms. The van der Waals surface area contributed by atoms with Crippen LogP contribution in [0.4, 0.5) is 0 Å². The minimum Gasteiger partial charge on any atom is -0.387 e. The van der Waals surface area contributed by atoms with Crippen LogP contribution in [-0.4, -0.2) is 5.84 Å². The Kier molecular flexibility index (Phi) is 3.53. The summed E-state index contributed by atoms with van der Waals surface area (Å²) in [5, 5.41) is 0. The third kappa shape index (κ3) is 2.39. The lowest BCUT2D eigenvalue weighted by molar-refractivity contribution is 1.23. The Bertz CT molecular complexity index is 433. The van der Waals surface area contributed by atoms with Crippen LogP contribution in [-0.2, 0) is 6.42 Å². The summed E-state index contributed by atoms with van der Waals surface area (Å²) in [6, 6.07) is 4.39. The largest absolute Gasteiger partial charge is 0.387 e. The maximum absolute atomic E-state index is 5.74. The fourth-order valence-corrected chi connectivity index (χ4v) is 1.66. The Morgan fingerprint density at radius 2 is 1.87 bits per heavy atom. The molecule has 0 fully saturated rings. The molecule has 0 radical (unpaired) electrons. The van der Waals surface area contributed by atoms with E-state index >= 15 is 0 Å². The van der Waals surface area contributed by atoms with Crippen molar-refractivity contribution in [3.8, 4) is 0 Å². The standard InChI is InChI=1S/C12H14N2.ClH/c1-8-5-10-3-4-14-12(13)7-11(10)6-9(8)2;/h3-6H,7H2,1-2H3,(H2,13,14);1H. The lowest BCUT2D eigenvalue weighted by Gasteiger charge is -2.08. The maximum Gasteiger partial charge on any atom is 0.103 e. The van der Waals surface area contributed by atoms with Crippen molar-refractivity contribution in [1.82, 2.24) is 0 Å². The van der Waals surface area contributed by atoms with Crippen molar-refractivity contribution in [2.75, 3.05) is 0 Å². The summed E-state index contributed by atoms with van der Waals surface area (Å²) in [5.41, 5.74) is 10.9. The summed E-state index contributed by atoms with van der Waals surface area (Å²) in [5.74, 6) is 0.684. The van der Waals surface area contributed by atoms with Gasteiger partial charge in [-0.1, -0.05) is 12.1 Å². The number of aliphatic imine (C=N–C) groups is 1. The molecule has 0 aromatic heterocycles. The molecule has 80 valence electrons. The van der Waals surface area contributed by atoms with Gasteiger partial charge < -0.3 is 5.73 Å². The molecule has 2 rings (SSSR count). The van der Waals surface area contributed by atoms with Crippen molar-refractivity contribution in [2.45, 2.75) is 20.3 Å². The highest BCUT2D eigenvalue weighted by Gasteiger charge is 2.07. The van der Waals surface area contributed by atoms with E-state index in [1.54, 1.807) is 6.20 Å². The van der Waals surface area contributed by atoms with Crippen LogP contribution >= 0.6 is 12.4 Å². The molecule has 0 saturated carbocycles. The van der Waals surface area contributed by atoms with Crippen LogP contribution < -0.4 is 5.73 Å². The highest BCUT2D eigenvalue weighted by Crippen LogP contribution is 2.19. The van der Waals surface area contributed by atoms with Crippen molar-refractivity contribution in [1.29, 1.82) is 0 Å². The third-order valence-electron chi connectivity index (χ3n) is 2.62. The van der Waals surface area contributed by atoms with E-state index in [0.29, 0.717) is 5.84 Å². The SMILES string of the molecule is Cc1cc2c(cc1C)CC(N)=NC=C2.Cl. The first-order valence-corrected chi connectivity index (χ1v) is 4.75. The molecule has 1 heterocycles. The number of rotatable bonds is 0. The van der Waals surface area contributed by atoms with Crippen LogP contribution in [0, 0.1) is 13.8 Å². The van der Waals surface area contributed by atoms with Gasteiger partial charge in [-0.05, 0) is 42.2 Å². The van der Waals surface area contributed by atoms with Crippen LogP contribution in [0.1, 0.15) is 22.3 Å². The minimum atomic E-state index is 0. The zero-order valence-electron chi connectivity index (χ0n) is 8.95. The second-order valence-electron chi connectivity index (χ2n) is 3.75. The first kappa shape index (κ1) is 11.8. The normalized spacial score (nSPS) is 13.6. The molecule has 0 aliphatic carbocycles. The molecule has 0 saturated heterocycles. The fraction of sp³-hybridized carbons (Fsp3) is 0.250. The number of nitrogens with zero attached hydrogens (tertiary/aromatic N) is 1. The Morgan fingerprint density at radius 3 is 2.60 bits per heavy atom. The first-order valence-electron chi connectivity index (χ1n) is 4.75. The van der Waals surface area contributed by atoms with Crippen LogP contribution in [0.3, 0.4) is 0 Å². The van der Waals surface area contributed by atoms with Gasteiger partial charge in [-0.15, -0.1) is 12.4 Å². The van der Waals surface area contributed by atoms with Gasteiger partial charge in [-0.2, -0.15) is 0 Å². The second-order valence-corrected chi connectivity index (χ2v) is 3.75. The fourth-order valence-electron chi connectivity index (χ4n) is 1.66. The summed E-state index contributed by atoms with van der Waals surface area (Å²) in [4.78, 5) is 4.11. The molecule has 1 aromatic carbocycles. The van der Waals surface area contributed by atoms with Crippen molar-refractivity contribution in [3.05, 3.63) is 40.6 Å². The van der Waals surface area contributed by atoms with Gasteiger partial charge in [0.05, 0.1) is 0 Å². The van der Waals surface area contributed by atoms with Gasteiger partial charge in [0, 0.05) is 12.6 Å². The highest BCUT2D eigenvalue weighted by molar-refractivity contribution is 5.86. The van der Waals surface area contributed by atoms with Crippen LogP contribution in [0.5, 0.6) is 0 Å². The number of hydrogen-bond donors (Lipinski definition) is 1. The predicted octanol–water partition coefficient (Wildman–Crippen LogP) is 2.61. The Labute approximate surface area is 96.3 Å². The summed E-state index contributed by atoms with van der Waals surface area (Å²) < 4.78 is 0. The topological polar surface area (TPSA) is 38.4 Å². The van der Waals surface area contributed by atoms with Gasteiger partial charge >= 0.3 is 0 Å². The zero-order chi connectivity index (χ0) is 10.1. The summed E-state index contributed by atoms with van der Waals surface area (Å²) in [7, 11) is 0. The average molecular weight is 223 g/mol. The van der Waals surface area contributed by atoms with Crippen molar-refractivity contribution < 1.29 is 0 Å². The Balaban J connectivity index is 0.00000112. The van der Waals surface area contributed by atoms with Gasteiger partial charge in [0.1, 0.15) is 5.84 Å². The number of halogens is 1. The molecule has 1 aliphatic rings. The molecule has 0 spiro atoms. The second kappa shape index (κ2) is 4.49. The molecular formula is C12H15ClN2. The Morgan fingerprint density at radius 1 is 1.20 bits per heavy atom.